The van der Waals surface area contributed by atoms with Gasteiger partial charge in [-0.1, -0.05) is 68.4 Å². The number of aliphatic hydroxyl groups is 1. The lowest BCUT2D eigenvalue weighted by Gasteiger charge is -2.30. The van der Waals surface area contributed by atoms with Crippen LogP contribution in [0.5, 0.6) is 5.75 Å². The van der Waals surface area contributed by atoms with Crippen LogP contribution in [0.3, 0.4) is 0 Å². The first kappa shape index (κ1) is 28.2. The highest BCUT2D eigenvalue weighted by Gasteiger charge is 2.33. The van der Waals surface area contributed by atoms with Gasteiger partial charge in [-0.15, -0.1) is 0 Å². The van der Waals surface area contributed by atoms with E-state index in [1.807, 2.05) is 50.2 Å². The summed E-state index contributed by atoms with van der Waals surface area (Å²) in [5.41, 5.74) is 1.31. The van der Waals surface area contributed by atoms with E-state index in [9.17, 15) is 18.3 Å². The highest BCUT2D eigenvalue weighted by Crippen LogP contribution is 2.25. The minimum Gasteiger partial charge on any atom is -0.484 e. The summed E-state index contributed by atoms with van der Waals surface area (Å²) in [6.07, 6.45) is -0.939. The lowest BCUT2D eigenvalue weighted by Crippen LogP contribution is -2.52. The molecule has 0 saturated carbocycles. The Kier molecular flexibility index (Phi) is 9.28. The molecule has 0 radical (unpaired) electrons. The fourth-order valence-electron chi connectivity index (χ4n) is 4.21. The lowest BCUT2D eigenvalue weighted by molar-refractivity contribution is -0.124. The molecule has 4 aromatic rings. The van der Waals surface area contributed by atoms with Crippen LogP contribution in [0.25, 0.3) is 11.0 Å². The molecule has 0 bridgehead atoms. The van der Waals surface area contributed by atoms with Crippen molar-refractivity contribution in [1.29, 1.82) is 0 Å². The van der Waals surface area contributed by atoms with Crippen molar-refractivity contribution in [3.05, 3.63) is 84.4 Å². The number of ether oxygens (including phenoxy) is 1. The number of sulfonamides is 1. The van der Waals surface area contributed by atoms with E-state index < -0.39 is 28.1 Å². The van der Waals surface area contributed by atoms with Crippen LogP contribution in [-0.4, -0.2) is 65.9 Å². The topological polar surface area (TPSA) is 135 Å². The maximum Gasteiger partial charge on any atom is 0.258 e. The molecule has 3 aromatic carbocycles. The minimum absolute atomic E-state index is 0.0388. The minimum atomic E-state index is -4.10. The van der Waals surface area contributed by atoms with Gasteiger partial charge in [0.05, 0.1) is 12.1 Å². The van der Waals surface area contributed by atoms with Crippen molar-refractivity contribution in [2.75, 3.05) is 19.7 Å². The molecule has 1 aromatic heterocycles. The van der Waals surface area contributed by atoms with Crippen molar-refractivity contribution in [3.63, 3.8) is 0 Å². The van der Waals surface area contributed by atoms with Crippen LogP contribution in [-0.2, 0) is 21.2 Å². The standard InChI is InChI=1S/C28H32N4O6S/c1-20(2)17-32(39(35,36)26-15-9-14-23-28(26)31-38-30-23)18-25(33)24(16-21-10-5-3-6-11-21)29-27(34)19-37-22-12-7-4-8-13-22/h3-15,20,24-25,33H,16-19H2,1-2H3,(H,29,34)/t24-,25+/m0/s1. The second kappa shape index (κ2) is 12.8. The van der Waals surface area contributed by atoms with Gasteiger partial charge in [0.1, 0.15) is 16.2 Å². The van der Waals surface area contributed by atoms with Crippen LogP contribution in [0, 0.1) is 5.92 Å². The van der Waals surface area contributed by atoms with E-state index >= 15 is 0 Å². The van der Waals surface area contributed by atoms with E-state index in [0.717, 1.165) is 5.56 Å². The number of amides is 1. The fraction of sp³-hybridized carbons (Fsp3) is 0.321. The smallest absolute Gasteiger partial charge is 0.258 e. The number of fused-ring (bicyclic) bond motifs is 1. The summed E-state index contributed by atoms with van der Waals surface area (Å²) in [6, 6.07) is 22.1. The van der Waals surface area contributed by atoms with Gasteiger partial charge < -0.3 is 15.2 Å². The number of carbonyl (C=O) groups excluding carboxylic acids is 1. The zero-order valence-electron chi connectivity index (χ0n) is 21.8. The molecular formula is C28H32N4O6S. The van der Waals surface area contributed by atoms with E-state index in [-0.39, 0.29) is 42.4 Å². The molecule has 2 atom stereocenters. The summed E-state index contributed by atoms with van der Waals surface area (Å²) >= 11 is 0. The zero-order valence-corrected chi connectivity index (χ0v) is 22.6. The van der Waals surface area contributed by atoms with E-state index in [1.54, 1.807) is 36.4 Å². The van der Waals surface area contributed by atoms with Crippen molar-refractivity contribution in [2.45, 2.75) is 37.3 Å². The number of carbonyl (C=O) groups is 1. The summed E-state index contributed by atoms with van der Waals surface area (Å²) in [7, 11) is -4.10. The summed E-state index contributed by atoms with van der Waals surface area (Å²) in [4.78, 5) is 12.8. The second-order valence-corrected chi connectivity index (χ2v) is 11.5. The van der Waals surface area contributed by atoms with Crippen molar-refractivity contribution < 1.29 is 27.7 Å². The first-order valence-electron chi connectivity index (χ1n) is 12.6. The SMILES string of the molecule is CC(C)CN(C[C@@H](O)[C@H](Cc1ccccc1)NC(=O)COc1ccccc1)S(=O)(=O)c1cccc2nonc12. The molecule has 0 aliphatic heterocycles. The van der Waals surface area contributed by atoms with Crippen molar-refractivity contribution in [1.82, 2.24) is 19.9 Å². The van der Waals surface area contributed by atoms with Crippen molar-refractivity contribution >= 4 is 27.0 Å². The summed E-state index contributed by atoms with van der Waals surface area (Å²) < 4.78 is 39.1. The second-order valence-electron chi connectivity index (χ2n) is 9.64. The Morgan fingerprint density at radius 1 is 0.974 bits per heavy atom. The molecule has 0 aliphatic carbocycles. The van der Waals surface area contributed by atoms with Gasteiger partial charge in [0, 0.05) is 13.1 Å². The van der Waals surface area contributed by atoms with E-state index in [1.165, 1.54) is 10.4 Å². The molecule has 2 N–H and O–H groups in total. The maximum atomic E-state index is 13.8. The van der Waals surface area contributed by atoms with Gasteiger partial charge in [-0.25, -0.2) is 13.0 Å². The average Bonchev–Trinajstić information content (AvgIpc) is 3.41. The number of aliphatic hydroxyl groups excluding tert-OH is 1. The van der Waals surface area contributed by atoms with Crippen LogP contribution in [0.4, 0.5) is 0 Å². The molecule has 206 valence electrons. The van der Waals surface area contributed by atoms with Crippen molar-refractivity contribution in [3.8, 4) is 5.75 Å². The number of hydrogen-bond acceptors (Lipinski definition) is 8. The third-order valence-corrected chi connectivity index (χ3v) is 7.91. The zero-order chi connectivity index (χ0) is 27.8. The Morgan fingerprint density at radius 3 is 2.36 bits per heavy atom. The third kappa shape index (κ3) is 7.41. The number of nitrogens with zero attached hydrogens (tertiary/aromatic N) is 3. The monoisotopic (exact) mass is 552 g/mol. The molecule has 0 aliphatic rings. The number of nitrogens with one attached hydrogen (secondary N) is 1. The Bertz CT molecular complexity index is 1460. The number of benzene rings is 3. The Morgan fingerprint density at radius 2 is 1.67 bits per heavy atom. The molecule has 39 heavy (non-hydrogen) atoms. The van der Waals surface area contributed by atoms with Gasteiger partial charge in [0.2, 0.25) is 10.0 Å². The maximum absolute atomic E-state index is 13.8. The summed E-state index contributed by atoms with van der Waals surface area (Å²) in [5.74, 6) is 0.0668. The lowest BCUT2D eigenvalue weighted by atomic mass is 10.0. The van der Waals surface area contributed by atoms with Crippen LogP contribution < -0.4 is 10.1 Å². The van der Waals surface area contributed by atoms with Gasteiger partial charge in [-0.2, -0.15) is 4.31 Å². The molecular weight excluding hydrogens is 520 g/mol. The first-order valence-corrected chi connectivity index (χ1v) is 14.1. The number of hydrogen-bond donors (Lipinski definition) is 2. The Balaban J connectivity index is 1.56. The molecule has 0 unspecified atom stereocenters. The molecule has 0 saturated heterocycles. The highest BCUT2D eigenvalue weighted by atomic mass is 32.2. The van der Waals surface area contributed by atoms with E-state index in [0.29, 0.717) is 11.3 Å². The van der Waals surface area contributed by atoms with Gasteiger partial charge in [0.25, 0.3) is 5.91 Å². The van der Waals surface area contributed by atoms with Crippen LogP contribution in [0.2, 0.25) is 0 Å². The summed E-state index contributed by atoms with van der Waals surface area (Å²) in [6.45, 7) is 3.41. The van der Waals surface area contributed by atoms with Crippen LogP contribution in [0.1, 0.15) is 19.4 Å². The van der Waals surface area contributed by atoms with Gasteiger partial charge in [-0.3, -0.25) is 4.79 Å². The fourth-order valence-corrected chi connectivity index (χ4v) is 5.97. The largest absolute Gasteiger partial charge is 0.484 e. The number of para-hydroxylation sites is 1. The van der Waals surface area contributed by atoms with Crippen LogP contribution in [0.15, 0.2) is 88.4 Å². The normalized spacial score (nSPS) is 13.5. The molecule has 4 rings (SSSR count). The van der Waals surface area contributed by atoms with E-state index in [4.69, 9.17) is 9.37 Å². The molecule has 0 spiro atoms. The Labute approximate surface area is 227 Å². The molecule has 11 heteroatoms. The molecule has 10 nitrogen and oxygen atoms in total. The molecule has 1 amide bonds. The van der Waals surface area contributed by atoms with Gasteiger partial charge >= 0.3 is 0 Å². The number of rotatable bonds is 13. The first-order chi connectivity index (χ1) is 18.7. The van der Waals surface area contributed by atoms with Crippen LogP contribution >= 0.6 is 0 Å². The predicted molar refractivity (Wildman–Crippen MR) is 145 cm³/mol. The summed E-state index contributed by atoms with van der Waals surface area (Å²) in [5, 5.41) is 21.7. The highest BCUT2D eigenvalue weighted by molar-refractivity contribution is 7.89. The van der Waals surface area contributed by atoms with Gasteiger partial charge in [-0.05, 0) is 52.5 Å². The number of aromatic nitrogens is 2. The predicted octanol–water partition coefficient (Wildman–Crippen LogP) is 3.04. The van der Waals surface area contributed by atoms with Crippen molar-refractivity contribution in [2.24, 2.45) is 5.92 Å². The van der Waals surface area contributed by atoms with E-state index in [2.05, 4.69) is 15.6 Å². The Hall–Kier alpha value is -3.80. The third-order valence-electron chi connectivity index (χ3n) is 6.05. The van der Waals surface area contributed by atoms with Gasteiger partial charge in [0.15, 0.2) is 12.1 Å². The molecule has 0 fully saturated rings. The molecule has 1 heterocycles. The quantitative estimate of drug-likeness (QED) is 0.258. The average molecular weight is 553 g/mol.